The number of hydrogen-bond acceptors (Lipinski definition) is 3. The summed E-state index contributed by atoms with van der Waals surface area (Å²) in [6.45, 7) is 6.87. The molecule has 4 nitrogen and oxygen atoms in total. The molecule has 3 unspecified atom stereocenters. The van der Waals surface area contributed by atoms with Crippen LogP contribution in [0.4, 0.5) is 0 Å². The fourth-order valence-corrected chi connectivity index (χ4v) is 2.96. The first-order valence-electron chi connectivity index (χ1n) is 7.45. The molecule has 1 fully saturated rings. The van der Waals surface area contributed by atoms with Gasteiger partial charge in [-0.3, -0.25) is 4.79 Å². The highest BCUT2D eigenvalue weighted by Crippen LogP contribution is 2.30. The number of unbranched alkanes of at least 4 members (excludes halogenated alkanes) is 1. The van der Waals surface area contributed by atoms with Crippen LogP contribution in [-0.4, -0.2) is 29.3 Å². The third kappa shape index (κ3) is 5.91. The van der Waals surface area contributed by atoms with Gasteiger partial charge in [0.05, 0.1) is 6.10 Å². The van der Waals surface area contributed by atoms with E-state index in [0.29, 0.717) is 12.5 Å². The average molecular weight is 271 g/mol. The van der Waals surface area contributed by atoms with Crippen molar-refractivity contribution in [1.82, 2.24) is 0 Å². The number of ether oxygens (including phenoxy) is 1. The van der Waals surface area contributed by atoms with Gasteiger partial charge in [-0.05, 0) is 57.3 Å². The minimum absolute atomic E-state index is 0.391. The van der Waals surface area contributed by atoms with Crippen molar-refractivity contribution in [2.45, 2.75) is 70.9 Å². The zero-order chi connectivity index (χ0) is 14.5. The van der Waals surface area contributed by atoms with Gasteiger partial charge in [0.1, 0.15) is 5.54 Å². The van der Waals surface area contributed by atoms with Crippen molar-refractivity contribution in [2.24, 2.45) is 17.6 Å². The van der Waals surface area contributed by atoms with E-state index in [1.807, 2.05) is 0 Å². The maximum atomic E-state index is 10.8. The first-order valence-corrected chi connectivity index (χ1v) is 7.45. The van der Waals surface area contributed by atoms with Crippen molar-refractivity contribution in [3.05, 3.63) is 0 Å². The SMILES string of the molecule is CC1CC(C)CC(OCCCCC(C)(N)C(=O)O)C1. The molecule has 0 aliphatic heterocycles. The molecule has 3 atom stereocenters. The molecule has 19 heavy (non-hydrogen) atoms. The zero-order valence-electron chi connectivity index (χ0n) is 12.5. The first-order chi connectivity index (χ1) is 8.81. The van der Waals surface area contributed by atoms with E-state index in [9.17, 15) is 4.79 Å². The summed E-state index contributed by atoms with van der Waals surface area (Å²) in [5, 5.41) is 8.90. The molecule has 0 amide bonds. The Hall–Kier alpha value is -0.610. The van der Waals surface area contributed by atoms with Crippen LogP contribution in [0.3, 0.4) is 0 Å². The summed E-state index contributed by atoms with van der Waals surface area (Å²) in [6.07, 6.45) is 6.22. The van der Waals surface area contributed by atoms with Gasteiger partial charge in [0.2, 0.25) is 0 Å². The summed E-state index contributed by atoms with van der Waals surface area (Å²) in [5.74, 6) is 0.588. The van der Waals surface area contributed by atoms with Crippen molar-refractivity contribution in [1.29, 1.82) is 0 Å². The molecule has 4 heteroatoms. The topological polar surface area (TPSA) is 72.5 Å². The molecule has 0 heterocycles. The van der Waals surface area contributed by atoms with Crippen LogP contribution in [0.2, 0.25) is 0 Å². The Morgan fingerprint density at radius 1 is 1.26 bits per heavy atom. The van der Waals surface area contributed by atoms with E-state index in [-0.39, 0.29) is 0 Å². The minimum atomic E-state index is -1.10. The maximum Gasteiger partial charge on any atom is 0.323 e. The van der Waals surface area contributed by atoms with E-state index in [1.54, 1.807) is 6.92 Å². The molecule has 1 aliphatic carbocycles. The predicted octanol–water partition coefficient (Wildman–Crippen LogP) is 2.80. The molecule has 0 aromatic carbocycles. The lowest BCUT2D eigenvalue weighted by Gasteiger charge is -2.31. The van der Waals surface area contributed by atoms with Gasteiger partial charge in [-0.1, -0.05) is 13.8 Å². The van der Waals surface area contributed by atoms with Gasteiger partial charge in [0.25, 0.3) is 0 Å². The Kier molecular flexibility index (Phi) is 6.27. The van der Waals surface area contributed by atoms with Gasteiger partial charge in [-0.25, -0.2) is 0 Å². The van der Waals surface area contributed by atoms with Gasteiger partial charge in [0, 0.05) is 6.61 Å². The summed E-state index contributed by atoms with van der Waals surface area (Å²) in [7, 11) is 0. The Labute approximate surface area is 116 Å². The van der Waals surface area contributed by atoms with E-state index in [2.05, 4.69) is 13.8 Å². The van der Waals surface area contributed by atoms with Crippen LogP contribution in [-0.2, 0) is 9.53 Å². The summed E-state index contributed by atoms with van der Waals surface area (Å²) in [5.41, 5.74) is 4.58. The van der Waals surface area contributed by atoms with Crippen LogP contribution >= 0.6 is 0 Å². The molecule has 1 aliphatic rings. The molecular weight excluding hydrogens is 242 g/mol. The number of aliphatic carboxylic acids is 1. The summed E-state index contributed by atoms with van der Waals surface area (Å²) >= 11 is 0. The minimum Gasteiger partial charge on any atom is -0.480 e. The smallest absolute Gasteiger partial charge is 0.323 e. The second-order valence-corrected chi connectivity index (χ2v) is 6.59. The van der Waals surface area contributed by atoms with Crippen LogP contribution < -0.4 is 5.73 Å². The van der Waals surface area contributed by atoms with E-state index < -0.39 is 11.5 Å². The molecule has 0 saturated heterocycles. The highest BCUT2D eigenvalue weighted by molar-refractivity contribution is 5.77. The van der Waals surface area contributed by atoms with Crippen LogP contribution in [0, 0.1) is 11.8 Å². The van der Waals surface area contributed by atoms with Crippen molar-refractivity contribution < 1.29 is 14.6 Å². The second-order valence-electron chi connectivity index (χ2n) is 6.59. The predicted molar refractivity (Wildman–Crippen MR) is 76.0 cm³/mol. The number of rotatable bonds is 7. The van der Waals surface area contributed by atoms with Gasteiger partial charge in [0.15, 0.2) is 0 Å². The number of carboxylic acid groups (broad SMARTS) is 1. The third-order valence-corrected chi connectivity index (χ3v) is 4.07. The van der Waals surface area contributed by atoms with Crippen molar-refractivity contribution >= 4 is 5.97 Å². The molecule has 0 aromatic heterocycles. The summed E-state index contributed by atoms with van der Waals surface area (Å²) in [6, 6.07) is 0. The summed E-state index contributed by atoms with van der Waals surface area (Å²) in [4.78, 5) is 10.8. The Morgan fingerprint density at radius 2 is 1.84 bits per heavy atom. The number of carbonyl (C=O) groups is 1. The van der Waals surface area contributed by atoms with Crippen LogP contribution in [0.25, 0.3) is 0 Å². The van der Waals surface area contributed by atoms with E-state index >= 15 is 0 Å². The van der Waals surface area contributed by atoms with Gasteiger partial charge < -0.3 is 15.6 Å². The zero-order valence-corrected chi connectivity index (χ0v) is 12.5. The van der Waals surface area contributed by atoms with Gasteiger partial charge >= 0.3 is 5.97 Å². The Morgan fingerprint density at radius 3 is 2.37 bits per heavy atom. The molecule has 0 bridgehead atoms. The van der Waals surface area contributed by atoms with Gasteiger partial charge in [-0.15, -0.1) is 0 Å². The Bertz CT molecular complexity index is 281. The van der Waals surface area contributed by atoms with Crippen molar-refractivity contribution in [3.63, 3.8) is 0 Å². The van der Waals surface area contributed by atoms with E-state index in [4.69, 9.17) is 15.6 Å². The number of hydrogen-bond donors (Lipinski definition) is 2. The Balaban J connectivity index is 2.12. The molecule has 3 N–H and O–H groups in total. The fourth-order valence-electron chi connectivity index (χ4n) is 2.96. The molecule has 112 valence electrons. The number of carboxylic acids is 1. The van der Waals surface area contributed by atoms with E-state index in [0.717, 1.165) is 44.1 Å². The lowest BCUT2D eigenvalue weighted by molar-refractivity contribution is -0.143. The molecule has 0 spiro atoms. The quantitative estimate of drug-likeness (QED) is 0.698. The van der Waals surface area contributed by atoms with Crippen LogP contribution in [0.15, 0.2) is 0 Å². The highest BCUT2D eigenvalue weighted by atomic mass is 16.5. The highest BCUT2D eigenvalue weighted by Gasteiger charge is 2.27. The molecule has 1 rings (SSSR count). The maximum absolute atomic E-state index is 10.8. The fraction of sp³-hybridized carbons (Fsp3) is 0.933. The standard InChI is InChI=1S/C15H29NO3/c1-11-8-12(2)10-13(9-11)19-7-5-4-6-15(3,16)14(17)18/h11-13H,4-10,16H2,1-3H3,(H,17,18). The van der Waals surface area contributed by atoms with Crippen LogP contribution in [0.5, 0.6) is 0 Å². The van der Waals surface area contributed by atoms with Crippen LogP contribution in [0.1, 0.15) is 59.3 Å². The molecular formula is C15H29NO3. The third-order valence-electron chi connectivity index (χ3n) is 4.07. The van der Waals surface area contributed by atoms with Crippen molar-refractivity contribution in [3.8, 4) is 0 Å². The average Bonchev–Trinajstić information content (AvgIpc) is 2.26. The molecule has 0 aromatic rings. The largest absolute Gasteiger partial charge is 0.480 e. The van der Waals surface area contributed by atoms with Gasteiger partial charge in [-0.2, -0.15) is 0 Å². The molecule has 0 radical (unpaired) electrons. The normalized spacial score (nSPS) is 30.8. The van der Waals surface area contributed by atoms with Crippen molar-refractivity contribution in [2.75, 3.05) is 6.61 Å². The summed E-state index contributed by atoms with van der Waals surface area (Å²) < 4.78 is 5.91. The molecule has 1 saturated carbocycles. The monoisotopic (exact) mass is 271 g/mol. The lowest BCUT2D eigenvalue weighted by atomic mass is 9.82. The number of nitrogens with two attached hydrogens (primary N) is 1. The lowest BCUT2D eigenvalue weighted by Crippen LogP contribution is -2.44. The second kappa shape index (κ2) is 7.25. The first kappa shape index (κ1) is 16.4. The van der Waals surface area contributed by atoms with E-state index in [1.165, 1.54) is 6.42 Å².